The third-order valence-electron chi connectivity index (χ3n) is 9.13. The molecule has 10 atom stereocenters. The van der Waals surface area contributed by atoms with Crippen LogP contribution in [0, 0.1) is 40.4 Å². The molecule has 0 bridgehead atoms. The maximum absolute atomic E-state index is 13.3. The molecular weight excluding hydrogens is 316 g/mol. The number of carbonyl (C=O) groups is 1. The Morgan fingerprint density at radius 1 is 1.08 bits per heavy atom. The summed E-state index contributed by atoms with van der Waals surface area (Å²) in [6.45, 7) is 6.10. The van der Waals surface area contributed by atoms with Crippen LogP contribution in [0.1, 0.15) is 65.7 Å². The number of carbonyl (C=O) groups excluding carboxylic acids is 1. The first kappa shape index (κ1) is 17.9. The number of fused-ring (bicyclic) bond motifs is 5. The van der Waals surface area contributed by atoms with Crippen molar-refractivity contribution >= 4 is 5.78 Å². The van der Waals surface area contributed by atoms with Crippen LogP contribution in [0.3, 0.4) is 0 Å². The number of hydrogen-bond donors (Lipinski definition) is 3. The van der Waals surface area contributed by atoms with Crippen molar-refractivity contribution in [2.45, 2.75) is 84.0 Å². The number of ketones is 1. The molecule has 0 aromatic carbocycles. The van der Waals surface area contributed by atoms with Gasteiger partial charge >= 0.3 is 0 Å². The molecular formula is C21H34O4. The van der Waals surface area contributed by atoms with Gasteiger partial charge in [0.2, 0.25) is 0 Å². The first-order valence-electron chi connectivity index (χ1n) is 10.3. The predicted octanol–water partition coefficient (Wildman–Crippen LogP) is 2.54. The largest absolute Gasteiger partial charge is 0.393 e. The van der Waals surface area contributed by atoms with Crippen molar-refractivity contribution < 1.29 is 20.1 Å². The number of hydrogen-bond acceptors (Lipinski definition) is 4. The monoisotopic (exact) mass is 350 g/mol. The van der Waals surface area contributed by atoms with Gasteiger partial charge in [0, 0.05) is 17.8 Å². The highest BCUT2D eigenvalue weighted by Gasteiger charge is 2.66. The Morgan fingerprint density at radius 3 is 2.48 bits per heavy atom. The predicted molar refractivity (Wildman–Crippen MR) is 94.7 cm³/mol. The van der Waals surface area contributed by atoms with Gasteiger partial charge in [-0.25, -0.2) is 0 Å². The lowest BCUT2D eigenvalue weighted by molar-refractivity contribution is -0.163. The van der Waals surface area contributed by atoms with Gasteiger partial charge in [-0.2, -0.15) is 0 Å². The van der Waals surface area contributed by atoms with E-state index in [1.165, 1.54) is 0 Å². The maximum Gasteiger partial charge on any atom is 0.139 e. The van der Waals surface area contributed by atoms with Crippen LogP contribution in [-0.4, -0.2) is 39.4 Å². The van der Waals surface area contributed by atoms with Crippen molar-refractivity contribution in [3.8, 4) is 0 Å². The van der Waals surface area contributed by atoms with Crippen LogP contribution in [-0.2, 0) is 4.79 Å². The second-order valence-electron chi connectivity index (χ2n) is 10.1. The highest BCUT2D eigenvalue weighted by atomic mass is 16.3. The summed E-state index contributed by atoms with van der Waals surface area (Å²) in [5, 5.41) is 31.0. The topological polar surface area (TPSA) is 77.8 Å². The molecule has 0 aromatic rings. The van der Waals surface area contributed by atoms with E-state index in [-0.39, 0.29) is 29.1 Å². The lowest BCUT2D eigenvalue weighted by atomic mass is 9.44. The van der Waals surface area contributed by atoms with E-state index in [0.717, 1.165) is 32.1 Å². The van der Waals surface area contributed by atoms with Crippen LogP contribution < -0.4 is 0 Å². The Labute approximate surface area is 151 Å². The fourth-order valence-corrected chi connectivity index (χ4v) is 7.84. The van der Waals surface area contributed by atoms with Gasteiger partial charge in [-0.3, -0.25) is 4.79 Å². The Balaban J connectivity index is 1.69. The van der Waals surface area contributed by atoms with Gasteiger partial charge in [0.1, 0.15) is 5.78 Å². The van der Waals surface area contributed by atoms with Gasteiger partial charge < -0.3 is 15.3 Å². The number of aliphatic hydroxyl groups is 3. The number of aliphatic hydroxyl groups excluding tert-OH is 3. The minimum atomic E-state index is -0.651. The van der Waals surface area contributed by atoms with Gasteiger partial charge in [-0.05, 0) is 74.5 Å². The van der Waals surface area contributed by atoms with E-state index in [4.69, 9.17) is 0 Å². The fraction of sp³-hybridized carbons (Fsp3) is 0.952. The minimum Gasteiger partial charge on any atom is -0.393 e. The summed E-state index contributed by atoms with van der Waals surface area (Å²) in [5.74, 6) is 1.49. The maximum atomic E-state index is 13.3. The van der Waals surface area contributed by atoms with E-state index < -0.39 is 17.6 Å². The van der Waals surface area contributed by atoms with Gasteiger partial charge in [-0.15, -0.1) is 0 Å². The molecule has 4 aliphatic rings. The molecule has 4 rings (SSSR count). The quantitative estimate of drug-likeness (QED) is 0.679. The molecule has 0 unspecified atom stereocenters. The van der Waals surface area contributed by atoms with Gasteiger partial charge in [0.25, 0.3) is 0 Å². The molecule has 4 heteroatoms. The zero-order valence-corrected chi connectivity index (χ0v) is 15.8. The normalized spacial score (nSPS) is 56.7. The molecule has 0 aromatic heterocycles. The molecule has 3 N–H and O–H groups in total. The van der Waals surface area contributed by atoms with Crippen molar-refractivity contribution in [1.29, 1.82) is 0 Å². The van der Waals surface area contributed by atoms with E-state index in [1.807, 2.05) is 6.92 Å². The average Bonchev–Trinajstić information content (AvgIpc) is 2.81. The lowest BCUT2D eigenvalue weighted by Gasteiger charge is -2.60. The Bertz CT molecular complexity index is 560. The summed E-state index contributed by atoms with van der Waals surface area (Å²) >= 11 is 0. The van der Waals surface area contributed by atoms with Gasteiger partial charge in [-0.1, -0.05) is 13.8 Å². The van der Waals surface area contributed by atoms with Crippen molar-refractivity contribution in [3.63, 3.8) is 0 Å². The van der Waals surface area contributed by atoms with Crippen LogP contribution in [0.15, 0.2) is 0 Å². The molecule has 4 nitrogen and oxygen atoms in total. The van der Waals surface area contributed by atoms with Crippen molar-refractivity contribution in [2.24, 2.45) is 40.4 Å². The molecule has 0 saturated heterocycles. The summed E-state index contributed by atoms with van der Waals surface area (Å²) in [4.78, 5) is 13.3. The van der Waals surface area contributed by atoms with Crippen molar-refractivity contribution in [1.82, 2.24) is 0 Å². The number of rotatable bonds is 1. The van der Waals surface area contributed by atoms with E-state index >= 15 is 0 Å². The third kappa shape index (κ3) is 2.33. The molecule has 0 heterocycles. The van der Waals surface area contributed by atoms with Crippen LogP contribution in [0.4, 0.5) is 0 Å². The van der Waals surface area contributed by atoms with Crippen LogP contribution in [0.25, 0.3) is 0 Å². The second kappa shape index (κ2) is 5.77. The summed E-state index contributed by atoms with van der Waals surface area (Å²) < 4.78 is 0. The molecule has 0 amide bonds. The molecule has 25 heavy (non-hydrogen) atoms. The smallest absolute Gasteiger partial charge is 0.139 e. The Morgan fingerprint density at radius 2 is 1.80 bits per heavy atom. The second-order valence-corrected chi connectivity index (χ2v) is 10.1. The molecule has 0 aliphatic heterocycles. The summed E-state index contributed by atoms with van der Waals surface area (Å²) in [6.07, 6.45) is 4.83. The number of Topliss-reactive ketones (excluding diaryl/α,β-unsaturated/α-hetero) is 1. The lowest BCUT2D eigenvalue weighted by Crippen LogP contribution is -2.58. The average molecular weight is 350 g/mol. The Hall–Kier alpha value is -0.450. The van der Waals surface area contributed by atoms with Crippen molar-refractivity contribution in [2.75, 3.05) is 0 Å². The van der Waals surface area contributed by atoms with Crippen LogP contribution >= 0.6 is 0 Å². The van der Waals surface area contributed by atoms with E-state index in [2.05, 4.69) is 6.92 Å². The standard InChI is InChI=1S/C21H34O4/c1-11(22)19-17(24)9-16-14-5-4-12-8-13(23)6-7-20(12,2)15(14)10-18(25)21(16,19)3/h11-17,19,22-24H,4-10H2,1-3H3/t11-,12-,13-,14-,15+,16-,17-,19+,20-,21+/m0/s1. The molecule has 4 fully saturated rings. The van der Waals surface area contributed by atoms with Gasteiger partial charge in [0.05, 0.1) is 18.3 Å². The first-order valence-corrected chi connectivity index (χ1v) is 10.3. The first-order chi connectivity index (χ1) is 11.7. The van der Waals surface area contributed by atoms with E-state index in [1.54, 1.807) is 6.92 Å². The summed E-state index contributed by atoms with van der Waals surface area (Å²) in [5.41, 5.74) is -0.431. The zero-order chi connectivity index (χ0) is 18.1. The highest BCUT2D eigenvalue weighted by molar-refractivity contribution is 5.87. The summed E-state index contributed by atoms with van der Waals surface area (Å²) in [7, 11) is 0. The minimum absolute atomic E-state index is 0.146. The zero-order valence-electron chi connectivity index (χ0n) is 15.8. The Kier molecular flexibility index (Phi) is 4.14. The van der Waals surface area contributed by atoms with Gasteiger partial charge in [0.15, 0.2) is 0 Å². The molecule has 142 valence electrons. The molecule has 4 saturated carbocycles. The van der Waals surface area contributed by atoms with Crippen LogP contribution in [0.5, 0.6) is 0 Å². The highest BCUT2D eigenvalue weighted by Crippen LogP contribution is 2.66. The fourth-order valence-electron chi connectivity index (χ4n) is 7.84. The summed E-state index contributed by atoms with van der Waals surface area (Å²) in [6, 6.07) is 0. The third-order valence-corrected chi connectivity index (χ3v) is 9.13. The van der Waals surface area contributed by atoms with Crippen molar-refractivity contribution in [3.05, 3.63) is 0 Å². The molecule has 4 aliphatic carbocycles. The molecule has 0 radical (unpaired) electrons. The van der Waals surface area contributed by atoms with E-state index in [9.17, 15) is 20.1 Å². The van der Waals surface area contributed by atoms with E-state index in [0.29, 0.717) is 30.6 Å². The SMILES string of the molecule is C[C@H](O)[C@@H]1[C@@H](O)C[C@H]2[C@H]3CC[C@H]4C[C@@H](O)CC[C@]4(C)[C@@H]3CC(=O)[C@]12C. The molecule has 0 spiro atoms. The van der Waals surface area contributed by atoms with Crippen LogP contribution in [0.2, 0.25) is 0 Å².